The van der Waals surface area contributed by atoms with Crippen molar-refractivity contribution in [2.45, 2.75) is 13.8 Å². The second kappa shape index (κ2) is 10.1. The van der Waals surface area contributed by atoms with Gasteiger partial charge in [0, 0.05) is 28.9 Å². The molecule has 0 spiro atoms. The maximum Gasteiger partial charge on any atom is 0.272 e. The summed E-state index contributed by atoms with van der Waals surface area (Å²) >= 11 is 0. The Morgan fingerprint density at radius 2 is 1.42 bits per heavy atom. The van der Waals surface area contributed by atoms with Crippen molar-refractivity contribution in [3.63, 3.8) is 0 Å². The quantitative estimate of drug-likeness (QED) is 0.241. The highest BCUT2D eigenvalue weighted by atomic mass is 16.6. The van der Waals surface area contributed by atoms with Crippen LogP contribution in [0.1, 0.15) is 38.8 Å². The minimum atomic E-state index is -0.593. The molecule has 0 saturated carbocycles. The van der Waals surface area contributed by atoms with E-state index in [9.17, 15) is 24.5 Å². The zero-order chi connectivity index (χ0) is 24.0. The molecule has 2 N–H and O–H groups in total. The first-order valence-corrected chi connectivity index (χ1v) is 9.99. The minimum absolute atomic E-state index is 0.0509. The number of anilines is 1. The lowest BCUT2D eigenvalue weighted by molar-refractivity contribution is -0.384. The van der Waals surface area contributed by atoms with Crippen LogP contribution in [0.2, 0.25) is 0 Å². The van der Waals surface area contributed by atoms with Crippen LogP contribution in [0.15, 0.2) is 78.5 Å². The topological polar surface area (TPSA) is 118 Å². The number of nitro benzene ring substituents is 1. The van der Waals surface area contributed by atoms with Gasteiger partial charge in [0.1, 0.15) is 5.70 Å². The van der Waals surface area contributed by atoms with Gasteiger partial charge >= 0.3 is 0 Å². The molecule has 0 atom stereocenters. The fourth-order valence-corrected chi connectivity index (χ4v) is 2.90. The molecule has 0 aromatic heterocycles. The van der Waals surface area contributed by atoms with Gasteiger partial charge in [0.2, 0.25) is 0 Å². The number of benzene rings is 3. The Labute approximate surface area is 190 Å². The van der Waals surface area contributed by atoms with Crippen molar-refractivity contribution in [1.82, 2.24) is 5.32 Å². The second-order valence-corrected chi connectivity index (χ2v) is 7.31. The third-order valence-electron chi connectivity index (χ3n) is 4.77. The summed E-state index contributed by atoms with van der Waals surface area (Å²) in [7, 11) is 0. The Hall–Kier alpha value is -4.59. The predicted octanol–water partition coefficient (Wildman–Crippen LogP) is 4.52. The summed E-state index contributed by atoms with van der Waals surface area (Å²) in [6.07, 6.45) is 1.43. The summed E-state index contributed by atoms with van der Waals surface area (Å²) in [5.74, 6) is -1.17. The molecule has 0 bridgehead atoms. The van der Waals surface area contributed by atoms with Crippen LogP contribution in [0.3, 0.4) is 0 Å². The molecule has 33 heavy (non-hydrogen) atoms. The summed E-state index contributed by atoms with van der Waals surface area (Å²) in [5, 5.41) is 16.2. The number of carbonyl (C=O) groups is 3. The molecule has 0 heterocycles. The molecule has 0 radical (unpaired) electrons. The van der Waals surface area contributed by atoms with Gasteiger partial charge in [0.25, 0.3) is 17.5 Å². The van der Waals surface area contributed by atoms with E-state index in [1.807, 2.05) is 6.92 Å². The number of hydrogen-bond acceptors (Lipinski definition) is 5. The van der Waals surface area contributed by atoms with Crippen LogP contribution >= 0.6 is 0 Å². The SMILES string of the molecule is CC(=O)c1ccc(NC(=O)/C(=C\c2ccc([N+](=O)[O-])cc2)NC(=O)c2ccc(C)cc2)cc1. The number of aryl methyl sites for hydroxylation is 1. The molecular weight excluding hydrogens is 422 g/mol. The van der Waals surface area contributed by atoms with Gasteiger partial charge in [-0.2, -0.15) is 0 Å². The van der Waals surface area contributed by atoms with E-state index in [0.717, 1.165) is 5.56 Å². The van der Waals surface area contributed by atoms with Gasteiger partial charge in [-0.3, -0.25) is 24.5 Å². The smallest absolute Gasteiger partial charge is 0.272 e. The van der Waals surface area contributed by atoms with Crippen LogP contribution in [0.25, 0.3) is 6.08 Å². The lowest BCUT2D eigenvalue weighted by Crippen LogP contribution is -2.30. The van der Waals surface area contributed by atoms with Gasteiger partial charge in [-0.05, 0) is 74.0 Å². The Morgan fingerprint density at radius 3 is 1.97 bits per heavy atom. The summed E-state index contributed by atoms with van der Waals surface area (Å²) in [6, 6.07) is 18.8. The van der Waals surface area contributed by atoms with Crippen LogP contribution in [-0.4, -0.2) is 22.5 Å². The molecule has 0 aliphatic heterocycles. The number of nitrogens with zero attached hydrogens (tertiary/aromatic N) is 1. The Kier molecular flexibility index (Phi) is 7.10. The third-order valence-corrected chi connectivity index (χ3v) is 4.77. The molecule has 0 aliphatic rings. The highest BCUT2D eigenvalue weighted by Gasteiger charge is 2.16. The van der Waals surface area contributed by atoms with Crippen LogP contribution in [0, 0.1) is 17.0 Å². The standard InChI is InChI=1S/C25H21N3O5/c1-16-3-7-20(8-4-16)24(30)27-23(15-18-5-13-22(14-6-18)28(32)33)25(31)26-21-11-9-19(10-12-21)17(2)29/h3-15H,1-2H3,(H,26,31)(H,27,30)/b23-15+. The monoisotopic (exact) mass is 443 g/mol. The van der Waals surface area contributed by atoms with Crippen molar-refractivity contribution in [1.29, 1.82) is 0 Å². The van der Waals surface area contributed by atoms with Crippen molar-refractivity contribution < 1.29 is 19.3 Å². The predicted molar refractivity (Wildman–Crippen MR) is 125 cm³/mol. The molecule has 8 heteroatoms. The first kappa shape index (κ1) is 23.1. The average molecular weight is 443 g/mol. The molecule has 2 amide bonds. The van der Waals surface area contributed by atoms with Gasteiger partial charge in [0.05, 0.1) is 4.92 Å². The molecule has 0 saturated heterocycles. The number of carbonyl (C=O) groups excluding carboxylic acids is 3. The summed E-state index contributed by atoms with van der Waals surface area (Å²) in [5.41, 5.74) is 2.64. The van der Waals surface area contributed by atoms with Crippen molar-refractivity contribution in [2.24, 2.45) is 0 Å². The summed E-state index contributed by atoms with van der Waals surface area (Å²) in [6.45, 7) is 3.34. The normalized spacial score (nSPS) is 10.9. The molecule has 3 aromatic rings. The zero-order valence-electron chi connectivity index (χ0n) is 18.0. The van der Waals surface area contributed by atoms with E-state index >= 15 is 0 Å². The molecular formula is C25H21N3O5. The van der Waals surface area contributed by atoms with Gasteiger partial charge in [-0.25, -0.2) is 0 Å². The molecule has 8 nitrogen and oxygen atoms in total. The van der Waals surface area contributed by atoms with E-state index in [2.05, 4.69) is 10.6 Å². The van der Waals surface area contributed by atoms with E-state index in [4.69, 9.17) is 0 Å². The first-order valence-electron chi connectivity index (χ1n) is 9.99. The van der Waals surface area contributed by atoms with Crippen LogP contribution < -0.4 is 10.6 Å². The van der Waals surface area contributed by atoms with Gasteiger partial charge in [-0.1, -0.05) is 17.7 Å². The van der Waals surface area contributed by atoms with E-state index in [1.54, 1.807) is 48.5 Å². The number of nitrogens with one attached hydrogen (secondary N) is 2. The number of Topliss-reactive ketones (excluding diaryl/α,β-unsaturated/α-hetero) is 1. The maximum absolute atomic E-state index is 13.0. The second-order valence-electron chi connectivity index (χ2n) is 7.31. The number of hydrogen-bond donors (Lipinski definition) is 2. The van der Waals surface area contributed by atoms with Crippen molar-refractivity contribution in [3.8, 4) is 0 Å². The number of nitro groups is 1. The van der Waals surface area contributed by atoms with Crippen molar-refractivity contribution >= 4 is 35.0 Å². The number of ketones is 1. The van der Waals surface area contributed by atoms with Gasteiger partial charge < -0.3 is 10.6 Å². The largest absolute Gasteiger partial charge is 0.321 e. The third kappa shape index (κ3) is 6.20. The Balaban J connectivity index is 1.88. The van der Waals surface area contributed by atoms with E-state index < -0.39 is 16.7 Å². The lowest BCUT2D eigenvalue weighted by Gasteiger charge is -2.12. The lowest BCUT2D eigenvalue weighted by atomic mass is 10.1. The average Bonchev–Trinajstić information content (AvgIpc) is 2.79. The Bertz CT molecular complexity index is 1230. The van der Waals surface area contributed by atoms with E-state index in [-0.39, 0.29) is 17.2 Å². The number of non-ortho nitro benzene ring substituents is 1. The highest BCUT2D eigenvalue weighted by Crippen LogP contribution is 2.16. The number of rotatable bonds is 7. The zero-order valence-corrected chi connectivity index (χ0v) is 18.0. The molecule has 166 valence electrons. The Morgan fingerprint density at radius 1 is 0.848 bits per heavy atom. The molecule has 0 unspecified atom stereocenters. The molecule has 0 aliphatic carbocycles. The van der Waals surface area contributed by atoms with Gasteiger partial charge in [-0.15, -0.1) is 0 Å². The fourth-order valence-electron chi connectivity index (χ4n) is 2.90. The highest BCUT2D eigenvalue weighted by molar-refractivity contribution is 6.10. The summed E-state index contributed by atoms with van der Waals surface area (Å²) in [4.78, 5) is 47.5. The molecule has 3 aromatic carbocycles. The molecule has 0 fully saturated rings. The first-order chi connectivity index (χ1) is 15.7. The number of amides is 2. The minimum Gasteiger partial charge on any atom is -0.321 e. The van der Waals surface area contributed by atoms with Crippen LogP contribution in [0.5, 0.6) is 0 Å². The van der Waals surface area contributed by atoms with E-state index in [1.165, 1.54) is 37.3 Å². The van der Waals surface area contributed by atoms with Crippen molar-refractivity contribution in [3.05, 3.63) is 111 Å². The van der Waals surface area contributed by atoms with Crippen LogP contribution in [-0.2, 0) is 4.79 Å². The molecule has 3 rings (SSSR count). The maximum atomic E-state index is 13.0. The fraction of sp³-hybridized carbons (Fsp3) is 0.0800. The van der Waals surface area contributed by atoms with Crippen LogP contribution in [0.4, 0.5) is 11.4 Å². The summed E-state index contributed by atoms with van der Waals surface area (Å²) < 4.78 is 0. The van der Waals surface area contributed by atoms with Crippen molar-refractivity contribution in [2.75, 3.05) is 5.32 Å². The van der Waals surface area contributed by atoms with E-state index in [0.29, 0.717) is 22.4 Å². The van der Waals surface area contributed by atoms with Gasteiger partial charge in [0.15, 0.2) is 5.78 Å².